The summed E-state index contributed by atoms with van der Waals surface area (Å²) in [6.07, 6.45) is 8.32. The molecule has 118 valence electrons. The molecule has 1 aliphatic rings. The van der Waals surface area contributed by atoms with E-state index in [2.05, 4.69) is 29.3 Å². The molecular weight excluding hydrogens is 264 g/mol. The van der Waals surface area contributed by atoms with Crippen LogP contribution >= 0.6 is 0 Å². The second-order valence-corrected chi connectivity index (χ2v) is 7.30. The molecule has 5 heteroatoms. The van der Waals surface area contributed by atoms with Gasteiger partial charge in [0, 0.05) is 30.0 Å². The van der Waals surface area contributed by atoms with Crippen LogP contribution < -0.4 is 10.9 Å². The Hall–Kier alpha value is -1.36. The Morgan fingerprint density at radius 3 is 2.48 bits per heavy atom. The molecule has 2 rings (SSSR count). The predicted molar refractivity (Wildman–Crippen MR) is 86.9 cm³/mol. The van der Waals surface area contributed by atoms with E-state index in [-0.39, 0.29) is 16.6 Å². The van der Waals surface area contributed by atoms with E-state index in [9.17, 15) is 4.79 Å². The van der Waals surface area contributed by atoms with Gasteiger partial charge in [-0.1, -0.05) is 12.8 Å². The fourth-order valence-electron chi connectivity index (χ4n) is 3.12. The third-order valence-electron chi connectivity index (χ3n) is 4.63. The largest absolute Gasteiger partial charge is 0.364 e. The molecule has 0 spiro atoms. The highest BCUT2D eigenvalue weighted by Gasteiger charge is 2.36. The van der Waals surface area contributed by atoms with Gasteiger partial charge in [0.1, 0.15) is 0 Å². The quantitative estimate of drug-likeness (QED) is 0.925. The highest BCUT2D eigenvalue weighted by Crippen LogP contribution is 2.33. The van der Waals surface area contributed by atoms with Crippen LogP contribution in [-0.4, -0.2) is 40.6 Å². The van der Waals surface area contributed by atoms with E-state index in [1.807, 2.05) is 20.8 Å². The molecule has 21 heavy (non-hydrogen) atoms. The van der Waals surface area contributed by atoms with Gasteiger partial charge in [0.2, 0.25) is 0 Å². The van der Waals surface area contributed by atoms with Gasteiger partial charge in [0.15, 0.2) is 5.82 Å². The second kappa shape index (κ2) is 5.79. The van der Waals surface area contributed by atoms with Crippen LogP contribution in [0.4, 0.5) is 5.82 Å². The number of hydrogen-bond donors (Lipinski definition) is 1. The normalized spacial score (nSPS) is 18.2. The molecule has 1 fully saturated rings. The third-order valence-corrected chi connectivity index (χ3v) is 4.63. The van der Waals surface area contributed by atoms with Crippen molar-refractivity contribution in [2.24, 2.45) is 0 Å². The van der Waals surface area contributed by atoms with Crippen molar-refractivity contribution in [3.63, 3.8) is 0 Å². The maximum atomic E-state index is 12.5. The highest BCUT2D eigenvalue weighted by molar-refractivity contribution is 5.32. The molecule has 0 bridgehead atoms. The minimum atomic E-state index is -0.233. The minimum Gasteiger partial charge on any atom is -0.364 e. The zero-order valence-electron chi connectivity index (χ0n) is 13.9. The minimum absolute atomic E-state index is 0.0445. The molecule has 0 amide bonds. The number of hydrogen-bond acceptors (Lipinski definition) is 4. The van der Waals surface area contributed by atoms with Crippen molar-refractivity contribution in [3.8, 4) is 0 Å². The summed E-state index contributed by atoms with van der Waals surface area (Å²) in [5.41, 5.74) is -0.128. The number of rotatable bonds is 4. The van der Waals surface area contributed by atoms with Crippen molar-refractivity contribution in [1.82, 2.24) is 14.5 Å². The van der Waals surface area contributed by atoms with Gasteiger partial charge in [0.05, 0.1) is 0 Å². The van der Waals surface area contributed by atoms with E-state index < -0.39 is 0 Å². The molecule has 1 N–H and O–H groups in total. The van der Waals surface area contributed by atoms with E-state index in [1.54, 1.807) is 17.0 Å². The van der Waals surface area contributed by atoms with E-state index in [1.165, 1.54) is 25.7 Å². The Morgan fingerprint density at radius 2 is 1.95 bits per heavy atom. The molecule has 0 aromatic carbocycles. The Morgan fingerprint density at radius 1 is 1.33 bits per heavy atom. The number of aromatic nitrogens is 2. The van der Waals surface area contributed by atoms with Crippen molar-refractivity contribution in [3.05, 3.63) is 22.7 Å². The summed E-state index contributed by atoms with van der Waals surface area (Å²) in [7, 11) is 4.25. The summed E-state index contributed by atoms with van der Waals surface area (Å²) in [5, 5.41) is 3.30. The standard InChI is InChI=1S/C16H28N4O/c1-15(2,3)20-11-10-17-13(14(20)21)18-12-16(19(4)5)8-6-7-9-16/h10-11H,6-9,12H2,1-5H3,(H,17,18). The smallest absolute Gasteiger partial charge is 0.293 e. The van der Waals surface area contributed by atoms with Crippen LogP contribution in [0.15, 0.2) is 17.2 Å². The molecule has 0 unspecified atom stereocenters. The molecule has 0 radical (unpaired) electrons. The topological polar surface area (TPSA) is 50.2 Å². The highest BCUT2D eigenvalue weighted by atomic mass is 16.1. The zero-order valence-corrected chi connectivity index (χ0v) is 13.9. The Kier molecular flexibility index (Phi) is 4.42. The first kappa shape index (κ1) is 16.0. The van der Waals surface area contributed by atoms with Gasteiger partial charge in [-0.15, -0.1) is 0 Å². The SMILES string of the molecule is CN(C)C1(CNc2nccn(C(C)(C)C)c2=O)CCCC1. The van der Waals surface area contributed by atoms with Gasteiger partial charge in [0.25, 0.3) is 5.56 Å². The first-order valence-corrected chi connectivity index (χ1v) is 7.76. The lowest BCUT2D eigenvalue weighted by Gasteiger charge is -2.36. The lowest BCUT2D eigenvalue weighted by molar-refractivity contribution is 0.172. The lowest BCUT2D eigenvalue weighted by atomic mass is 9.96. The summed E-state index contributed by atoms with van der Waals surface area (Å²) >= 11 is 0. The molecule has 1 aromatic heterocycles. The maximum Gasteiger partial charge on any atom is 0.293 e. The van der Waals surface area contributed by atoms with Crippen LogP contribution in [0.1, 0.15) is 46.5 Å². The Labute approximate surface area is 127 Å². The van der Waals surface area contributed by atoms with Gasteiger partial charge in [-0.25, -0.2) is 4.98 Å². The first-order chi connectivity index (χ1) is 9.76. The van der Waals surface area contributed by atoms with Gasteiger partial charge in [-0.05, 0) is 47.7 Å². The molecule has 0 aliphatic heterocycles. The fourth-order valence-corrected chi connectivity index (χ4v) is 3.12. The number of likely N-dealkylation sites (N-methyl/N-ethyl adjacent to an activating group) is 1. The number of nitrogens with zero attached hydrogens (tertiary/aromatic N) is 3. The summed E-state index contributed by atoms with van der Waals surface area (Å²) in [4.78, 5) is 19.0. The van der Waals surface area contributed by atoms with Crippen LogP contribution in [0.3, 0.4) is 0 Å². The van der Waals surface area contributed by atoms with Gasteiger partial charge in [-0.2, -0.15) is 0 Å². The van der Waals surface area contributed by atoms with Crippen LogP contribution in [0.5, 0.6) is 0 Å². The zero-order chi connectivity index (χ0) is 15.7. The fraction of sp³-hybridized carbons (Fsp3) is 0.750. The molecule has 1 heterocycles. The average molecular weight is 292 g/mol. The number of anilines is 1. The number of nitrogens with one attached hydrogen (secondary N) is 1. The lowest BCUT2D eigenvalue weighted by Crippen LogP contribution is -2.48. The third kappa shape index (κ3) is 3.28. The van der Waals surface area contributed by atoms with Crippen molar-refractivity contribution in [2.45, 2.75) is 57.5 Å². The average Bonchev–Trinajstić information content (AvgIpc) is 2.86. The van der Waals surface area contributed by atoms with Crippen LogP contribution in [0, 0.1) is 0 Å². The Balaban J connectivity index is 2.19. The van der Waals surface area contributed by atoms with Crippen molar-refractivity contribution in [2.75, 3.05) is 26.0 Å². The molecule has 1 aromatic rings. The molecule has 1 saturated carbocycles. The maximum absolute atomic E-state index is 12.5. The molecule has 0 atom stereocenters. The van der Waals surface area contributed by atoms with E-state index >= 15 is 0 Å². The monoisotopic (exact) mass is 292 g/mol. The van der Waals surface area contributed by atoms with E-state index in [0.29, 0.717) is 5.82 Å². The molecule has 1 aliphatic carbocycles. The Bertz CT molecular complexity index is 536. The second-order valence-electron chi connectivity index (χ2n) is 7.30. The van der Waals surface area contributed by atoms with Gasteiger partial charge in [-0.3, -0.25) is 4.79 Å². The summed E-state index contributed by atoms with van der Waals surface area (Å²) in [5.74, 6) is 0.459. The van der Waals surface area contributed by atoms with Gasteiger partial charge < -0.3 is 14.8 Å². The molecular formula is C16H28N4O. The predicted octanol–water partition coefficient (Wildman–Crippen LogP) is 2.28. The van der Waals surface area contributed by atoms with E-state index in [0.717, 1.165) is 6.54 Å². The van der Waals surface area contributed by atoms with Crippen molar-refractivity contribution >= 4 is 5.82 Å². The summed E-state index contributed by atoms with van der Waals surface area (Å²) in [6.45, 7) is 6.85. The summed E-state index contributed by atoms with van der Waals surface area (Å²) in [6, 6.07) is 0. The summed E-state index contributed by atoms with van der Waals surface area (Å²) < 4.78 is 1.74. The first-order valence-electron chi connectivity index (χ1n) is 7.76. The van der Waals surface area contributed by atoms with Crippen LogP contribution in [0.2, 0.25) is 0 Å². The van der Waals surface area contributed by atoms with Crippen LogP contribution in [-0.2, 0) is 5.54 Å². The van der Waals surface area contributed by atoms with E-state index in [4.69, 9.17) is 0 Å². The van der Waals surface area contributed by atoms with Gasteiger partial charge >= 0.3 is 0 Å². The molecule has 5 nitrogen and oxygen atoms in total. The van der Waals surface area contributed by atoms with Crippen LogP contribution in [0.25, 0.3) is 0 Å². The van der Waals surface area contributed by atoms with Crippen molar-refractivity contribution in [1.29, 1.82) is 0 Å². The molecule has 0 saturated heterocycles. The van der Waals surface area contributed by atoms with Crippen molar-refractivity contribution < 1.29 is 0 Å².